The molecule has 1 aliphatic carbocycles. The van der Waals surface area contributed by atoms with Crippen LogP contribution in [0.2, 0.25) is 0 Å². The molecule has 0 radical (unpaired) electrons. The number of carboxylic acids is 2. The average molecular weight is 930 g/mol. The predicted molar refractivity (Wildman–Crippen MR) is 253 cm³/mol. The van der Waals surface area contributed by atoms with E-state index in [2.05, 4.69) is 45.4 Å². The minimum atomic E-state index is -1.28. The second kappa shape index (κ2) is 30.1. The molecule has 18 nitrogen and oxygen atoms in total. The average Bonchev–Trinajstić information content (AvgIpc) is 3.26. The van der Waals surface area contributed by atoms with Crippen LogP contribution in [0.4, 0.5) is 5.69 Å². The lowest BCUT2D eigenvalue weighted by molar-refractivity contribution is -0.143. The van der Waals surface area contributed by atoms with Crippen LogP contribution in [0.5, 0.6) is 0 Å². The summed E-state index contributed by atoms with van der Waals surface area (Å²) in [6.45, 7) is 15.8. The third-order valence-corrected chi connectivity index (χ3v) is 11.6. The summed E-state index contributed by atoms with van der Waals surface area (Å²) in [6.07, 6.45) is 8.19. The fourth-order valence-corrected chi connectivity index (χ4v) is 7.31. The highest BCUT2D eigenvalue weighted by atomic mass is 16.5. The lowest BCUT2D eigenvalue weighted by atomic mass is 9.88. The molecular formula is C48H79N7O11. The van der Waals surface area contributed by atoms with E-state index in [1.807, 2.05) is 52.0 Å². The van der Waals surface area contributed by atoms with E-state index in [1.54, 1.807) is 0 Å². The number of carboxylic acid groups (broad SMARTS) is 2. The van der Waals surface area contributed by atoms with Gasteiger partial charge in [-0.2, -0.15) is 0 Å². The molecule has 5 amide bonds. The summed E-state index contributed by atoms with van der Waals surface area (Å²) in [6, 6.07) is 4.85. The number of hydrogen-bond donors (Lipinski definition) is 9. The topological polar surface area (TPSA) is 277 Å². The Bertz CT molecular complexity index is 1710. The molecule has 3 unspecified atom stereocenters. The first-order valence-electron chi connectivity index (χ1n) is 23.7. The largest absolute Gasteiger partial charge is 0.481 e. The first kappa shape index (κ1) is 56.9. The van der Waals surface area contributed by atoms with Crippen molar-refractivity contribution >= 4 is 52.9 Å². The van der Waals surface area contributed by atoms with Crippen molar-refractivity contribution in [3.05, 3.63) is 36.4 Å². The Hall–Kier alpha value is -5.23. The Kier molecular flexibility index (Phi) is 26.0. The van der Waals surface area contributed by atoms with Gasteiger partial charge in [-0.3, -0.25) is 28.8 Å². The molecule has 66 heavy (non-hydrogen) atoms. The minimum absolute atomic E-state index is 0.0584. The van der Waals surface area contributed by atoms with Crippen molar-refractivity contribution in [3.63, 3.8) is 0 Å². The summed E-state index contributed by atoms with van der Waals surface area (Å²) in [4.78, 5) is 86.5. The Labute approximate surface area is 391 Å². The van der Waals surface area contributed by atoms with Gasteiger partial charge in [-0.25, -0.2) is 4.79 Å². The van der Waals surface area contributed by atoms with Crippen LogP contribution >= 0.6 is 0 Å². The molecule has 0 aromatic heterocycles. The van der Waals surface area contributed by atoms with Crippen LogP contribution < -0.4 is 37.6 Å². The molecule has 10 N–H and O–H groups in total. The van der Waals surface area contributed by atoms with Crippen molar-refractivity contribution in [1.82, 2.24) is 26.6 Å². The summed E-state index contributed by atoms with van der Waals surface area (Å²) < 4.78 is 12.1. The Balaban J connectivity index is 1.70. The number of carbonyl (C=O) groups excluding carboxylic acids is 5. The molecule has 1 aromatic carbocycles. The van der Waals surface area contributed by atoms with Crippen molar-refractivity contribution < 1.29 is 53.2 Å². The summed E-state index contributed by atoms with van der Waals surface area (Å²) >= 11 is 0. The number of hydrogen-bond acceptors (Lipinski definition) is 11. The summed E-state index contributed by atoms with van der Waals surface area (Å²) in [5, 5.41) is 36.1. The number of rotatable bonds is 35. The van der Waals surface area contributed by atoms with Crippen molar-refractivity contribution in [2.75, 3.05) is 38.2 Å². The minimum Gasteiger partial charge on any atom is -0.481 e. The second-order valence-corrected chi connectivity index (χ2v) is 18.4. The number of benzene rings is 1. The van der Waals surface area contributed by atoms with Gasteiger partial charge in [-0.05, 0) is 110 Å². The SMILES string of the molecule is C=C(NCCCCC(NC(=O)CCC(C)(C)OCCC(C)(C)OCCNC(=O)C(CCC(=O)O)NC(=O)CCC(NC(=O)C1CCCCC1)C(=O)O)C(N)=O)c1ccc(NCCCC)cc1. The molecule has 1 aliphatic rings. The van der Waals surface area contributed by atoms with Crippen LogP contribution in [-0.2, 0) is 43.0 Å². The third kappa shape index (κ3) is 24.3. The molecule has 0 aliphatic heterocycles. The van der Waals surface area contributed by atoms with Gasteiger partial charge in [-0.1, -0.05) is 51.3 Å². The van der Waals surface area contributed by atoms with Crippen LogP contribution in [0.15, 0.2) is 30.8 Å². The first-order chi connectivity index (χ1) is 31.2. The number of primary amides is 1. The van der Waals surface area contributed by atoms with Crippen molar-refractivity contribution in [2.45, 2.75) is 173 Å². The van der Waals surface area contributed by atoms with E-state index >= 15 is 0 Å². The van der Waals surface area contributed by atoms with E-state index in [4.69, 9.17) is 15.2 Å². The normalized spacial score (nSPS) is 14.5. The fraction of sp³-hybridized carbons (Fsp3) is 0.688. The van der Waals surface area contributed by atoms with Gasteiger partial charge < -0.3 is 57.3 Å². The van der Waals surface area contributed by atoms with E-state index in [0.29, 0.717) is 51.7 Å². The molecule has 3 atom stereocenters. The number of unbranched alkanes of at least 4 members (excludes halogenated alkanes) is 2. The first-order valence-corrected chi connectivity index (χ1v) is 23.7. The molecule has 372 valence electrons. The fourth-order valence-electron chi connectivity index (χ4n) is 7.31. The number of aliphatic carboxylic acids is 2. The molecule has 0 heterocycles. The van der Waals surface area contributed by atoms with Gasteiger partial charge >= 0.3 is 11.9 Å². The van der Waals surface area contributed by atoms with Crippen molar-refractivity contribution in [2.24, 2.45) is 11.7 Å². The van der Waals surface area contributed by atoms with Gasteiger partial charge in [0.1, 0.15) is 18.1 Å². The number of carbonyl (C=O) groups is 7. The van der Waals surface area contributed by atoms with Gasteiger partial charge in [0.05, 0.1) is 24.4 Å². The highest BCUT2D eigenvalue weighted by Crippen LogP contribution is 2.24. The monoisotopic (exact) mass is 930 g/mol. The lowest BCUT2D eigenvalue weighted by Gasteiger charge is -2.30. The second-order valence-electron chi connectivity index (χ2n) is 18.4. The van der Waals surface area contributed by atoms with E-state index in [9.17, 15) is 43.8 Å². The molecule has 1 aromatic rings. The zero-order chi connectivity index (χ0) is 49.1. The number of anilines is 1. The Morgan fingerprint density at radius 2 is 1.33 bits per heavy atom. The maximum Gasteiger partial charge on any atom is 0.326 e. The van der Waals surface area contributed by atoms with Gasteiger partial charge in [0.25, 0.3) is 0 Å². The van der Waals surface area contributed by atoms with Crippen LogP contribution in [0.25, 0.3) is 5.70 Å². The van der Waals surface area contributed by atoms with Crippen LogP contribution in [-0.4, -0.2) is 114 Å². The zero-order valence-corrected chi connectivity index (χ0v) is 40.0. The smallest absolute Gasteiger partial charge is 0.326 e. The highest BCUT2D eigenvalue weighted by molar-refractivity contribution is 5.89. The van der Waals surface area contributed by atoms with E-state index in [0.717, 1.165) is 62.0 Å². The Morgan fingerprint density at radius 3 is 1.97 bits per heavy atom. The molecule has 18 heteroatoms. The highest BCUT2D eigenvalue weighted by Gasteiger charge is 2.29. The molecule has 0 bridgehead atoms. The van der Waals surface area contributed by atoms with Gasteiger partial charge in [0, 0.05) is 56.2 Å². The van der Waals surface area contributed by atoms with Gasteiger partial charge in [0.15, 0.2) is 0 Å². The molecule has 1 saturated carbocycles. The van der Waals surface area contributed by atoms with E-state index < -0.39 is 65.4 Å². The van der Waals surface area contributed by atoms with Crippen LogP contribution in [0.1, 0.15) is 149 Å². The van der Waals surface area contributed by atoms with Crippen LogP contribution in [0.3, 0.4) is 0 Å². The van der Waals surface area contributed by atoms with Crippen LogP contribution in [0, 0.1) is 5.92 Å². The number of nitrogens with one attached hydrogen (secondary N) is 6. The maximum atomic E-state index is 13.0. The van der Waals surface area contributed by atoms with Gasteiger partial charge in [0.2, 0.25) is 29.5 Å². The van der Waals surface area contributed by atoms with Crippen molar-refractivity contribution in [1.29, 1.82) is 0 Å². The Morgan fingerprint density at radius 1 is 0.712 bits per heavy atom. The summed E-state index contributed by atoms with van der Waals surface area (Å²) in [5.41, 5.74) is 7.16. The lowest BCUT2D eigenvalue weighted by Crippen LogP contribution is -2.49. The summed E-state index contributed by atoms with van der Waals surface area (Å²) in [7, 11) is 0. The molecule has 2 rings (SSSR count). The number of ether oxygens (including phenoxy) is 2. The molecule has 0 saturated heterocycles. The van der Waals surface area contributed by atoms with Crippen molar-refractivity contribution in [3.8, 4) is 0 Å². The zero-order valence-electron chi connectivity index (χ0n) is 40.0. The van der Waals surface area contributed by atoms with E-state index in [1.165, 1.54) is 0 Å². The van der Waals surface area contributed by atoms with E-state index in [-0.39, 0.29) is 56.6 Å². The quantitative estimate of drug-likeness (QED) is 0.0416. The van der Waals surface area contributed by atoms with Gasteiger partial charge in [-0.15, -0.1) is 0 Å². The molecule has 1 fully saturated rings. The molecular weight excluding hydrogens is 851 g/mol. The standard InChI is InChI=1S/C48H79N7O11/c1-7-8-28-51-36-19-17-34(18-20-36)33(2)50-29-13-12-16-37(43(49)60)53-41(57)25-26-47(3,4)65-31-27-48(5,6)66-32-30-52-45(62)38(22-24-42(58)59)54-40(56)23-21-39(46(63)64)55-44(61)35-14-10-9-11-15-35/h17-20,35,37-39,50-51H,2,7-16,21-32H2,1,3-6H3,(H2,49,60)(H,52,62)(H,53,57)(H,54,56)(H,55,61)(H,58,59)(H,63,64). The third-order valence-electron chi connectivity index (χ3n) is 11.6. The summed E-state index contributed by atoms with van der Waals surface area (Å²) in [5.74, 6) is -5.20. The predicted octanol–water partition coefficient (Wildman–Crippen LogP) is 4.76. The molecule has 0 spiro atoms. The maximum absolute atomic E-state index is 13.0. The number of nitrogens with two attached hydrogens (primary N) is 1. The number of amides is 5.